The Bertz CT molecular complexity index is 642. The van der Waals surface area contributed by atoms with E-state index in [1.807, 2.05) is 39.8 Å². The van der Waals surface area contributed by atoms with Crippen LogP contribution in [0.25, 0.3) is 0 Å². The van der Waals surface area contributed by atoms with Crippen LogP contribution in [0.15, 0.2) is 18.2 Å². The molecule has 6 heteroatoms. The van der Waals surface area contributed by atoms with E-state index in [-0.39, 0.29) is 17.4 Å². The molecule has 0 saturated heterocycles. The van der Waals surface area contributed by atoms with Crippen LogP contribution in [0.1, 0.15) is 62.4 Å². The van der Waals surface area contributed by atoms with Crippen LogP contribution in [0.2, 0.25) is 5.02 Å². The van der Waals surface area contributed by atoms with Crippen LogP contribution in [-0.2, 0) is 4.79 Å². The number of benzene rings is 1. The molecular formula is C21H32ClN3O2. The highest BCUT2D eigenvalue weighted by molar-refractivity contribution is 6.31. The Morgan fingerprint density at radius 1 is 1.11 bits per heavy atom. The predicted molar refractivity (Wildman–Crippen MR) is 110 cm³/mol. The Kier molecular flexibility index (Phi) is 7.68. The highest BCUT2D eigenvalue weighted by atomic mass is 35.5. The summed E-state index contributed by atoms with van der Waals surface area (Å²) in [6, 6.07) is 5.77. The Morgan fingerprint density at radius 2 is 1.78 bits per heavy atom. The Balaban J connectivity index is 1.68. The van der Waals surface area contributed by atoms with E-state index in [0.29, 0.717) is 35.6 Å². The van der Waals surface area contributed by atoms with Crippen molar-refractivity contribution in [1.29, 1.82) is 0 Å². The van der Waals surface area contributed by atoms with Gasteiger partial charge in [0, 0.05) is 28.7 Å². The van der Waals surface area contributed by atoms with E-state index in [1.54, 1.807) is 6.07 Å². The van der Waals surface area contributed by atoms with Crippen molar-refractivity contribution in [2.24, 2.45) is 5.92 Å². The fraction of sp³-hybridized carbons (Fsp3) is 0.619. The van der Waals surface area contributed by atoms with Crippen LogP contribution in [0, 0.1) is 12.8 Å². The first-order chi connectivity index (χ1) is 12.6. The molecule has 1 saturated carbocycles. The third-order valence-corrected chi connectivity index (χ3v) is 4.99. The number of amides is 2. The molecular weight excluding hydrogens is 362 g/mol. The zero-order chi connectivity index (χ0) is 20.0. The second-order valence-corrected chi connectivity index (χ2v) is 9.06. The lowest BCUT2D eigenvalue weighted by Crippen LogP contribution is -2.47. The monoisotopic (exact) mass is 393 g/mol. The first-order valence-corrected chi connectivity index (χ1v) is 10.1. The summed E-state index contributed by atoms with van der Waals surface area (Å²) >= 11 is 6.03. The largest absolute Gasteiger partial charge is 0.352 e. The van der Waals surface area contributed by atoms with Gasteiger partial charge in [-0.1, -0.05) is 11.6 Å². The molecule has 27 heavy (non-hydrogen) atoms. The summed E-state index contributed by atoms with van der Waals surface area (Å²) in [6.45, 7) is 8.91. The number of halogens is 1. The number of carbonyl (C=O) groups is 2. The van der Waals surface area contributed by atoms with Crippen molar-refractivity contribution in [3.63, 3.8) is 0 Å². The van der Waals surface area contributed by atoms with E-state index in [4.69, 9.17) is 11.6 Å². The third-order valence-electron chi connectivity index (χ3n) is 4.77. The molecule has 0 heterocycles. The van der Waals surface area contributed by atoms with E-state index in [2.05, 4.69) is 16.0 Å². The maximum Gasteiger partial charge on any atom is 0.251 e. The summed E-state index contributed by atoms with van der Waals surface area (Å²) in [7, 11) is 0. The number of rotatable bonds is 6. The van der Waals surface area contributed by atoms with E-state index >= 15 is 0 Å². The van der Waals surface area contributed by atoms with Gasteiger partial charge in [-0.2, -0.15) is 0 Å². The summed E-state index contributed by atoms with van der Waals surface area (Å²) < 4.78 is 0. The molecule has 0 aromatic heterocycles. The standard InChI is InChI=1S/C21H32ClN3O2/c1-14-9-16(11-17(22)10-14)20(27)24-12-15-5-7-18(8-6-15)23-13-19(26)25-21(2,3)4/h9-11,15,18,23H,5-8,12-13H2,1-4H3,(H,24,27)(H,25,26). The van der Waals surface area contributed by atoms with Crippen molar-refractivity contribution in [2.75, 3.05) is 13.1 Å². The van der Waals surface area contributed by atoms with Gasteiger partial charge >= 0.3 is 0 Å². The van der Waals surface area contributed by atoms with Crippen molar-refractivity contribution in [2.45, 2.75) is 65.0 Å². The number of aryl methyl sites for hydroxylation is 1. The zero-order valence-electron chi connectivity index (χ0n) is 16.8. The van der Waals surface area contributed by atoms with Crippen molar-refractivity contribution in [1.82, 2.24) is 16.0 Å². The lowest BCUT2D eigenvalue weighted by molar-refractivity contribution is -0.121. The van der Waals surface area contributed by atoms with Crippen molar-refractivity contribution >= 4 is 23.4 Å². The molecule has 1 fully saturated rings. The molecule has 1 aliphatic carbocycles. The van der Waals surface area contributed by atoms with Gasteiger partial charge in [0.05, 0.1) is 6.54 Å². The number of carbonyl (C=O) groups excluding carboxylic acids is 2. The van der Waals surface area contributed by atoms with Crippen LogP contribution < -0.4 is 16.0 Å². The topological polar surface area (TPSA) is 70.2 Å². The van der Waals surface area contributed by atoms with E-state index in [0.717, 1.165) is 31.2 Å². The van der Waals surface area contributed by atoms with E-state index < -0.39 is 0 Å². The molecule has 0 spiro atoms. The Morgan fingerprint density at radius 3 is 2.37 bits per heavy atom. The van der Waals surface area contributed by atoms with Gasteiger partial charge in [-0.25, -0.2) is 0 Å². The molecule has 2 amide bonds. The number of nitrogens with one attached hydrogen (secondary N) is 3. The van der Waals surface area contributed by atoms with Crippen molar-refractivity contribution in [3.05, 3.63) is 34.3 Å². The zero-order valence-corrected chi connectivity index (χ0v) is 17.6. The average molecular weight is 394 g/mol. The van der Waals surface area contributed by atoms with Gasteiger partial charge in [0.15, 0.2) is 0 Å². The minimum Gasteiger partial charge on any atom is -0.352 e. The third kappa shape index (κ3) is 7.89. The van der Waals surface area contributed by atoms with Gasteiger partial charge in [0.2, 0.25) is 5.91 Å². The van der Waals surface area contributed by atoms with Crippen LogP contribution >= 0.6 is 11.6 Å². The maximum atomic E-state index is 12.3. The lowest BCUT2D eigenvalue weighted by Gasteiger charge is -2.29. The van der Waals surface area contributed by atoms with Gasteiger partial charge in [-0.3, -0.25) is 9.59 Å². The highest BCUT2D eigenvalue weighted by Crippen LogP contribution is 2.24. The summed E-state index contributed by atoms with van der Waals surface area (Å²) in [5, 5.41) is 9.94. The Labute approximate surface area is 167 Å². The first-order valence-electron chi connectivity index (χ1n) is 9.72. The highest BCUT2D eigenvalue weighted by Gasteiger charge is 2.22. The molecule has 3 N–H and O–H groups in total. The molecule has 1 aliphatic rings. The molecule has 0 unspecified atom stereocenters. The molecule has 2 rings (SSSR count). The van der Waals surface area contributed by atoms with Crippen LogP contribution in [0.4, 0.5) is 0 Å². The summed E-state index contributed by atoms with van der Waals surface area (Å²) in [5.41, 5.74) is 1.39. The van der Waals surface area contributed by atoms with E-state index in [9.17, 15) is 9.59 Å². The maximum absolute atomic E-state index is 12.3. The van der Waals surface area contributed by atoms with E-state index in [1.165, 1.54) is 0 Å². The smallest absolute Gasteiger partial charge is 0.251 e. The molecule has 150 valence electrons. The van der Waals surface area contributed by atoms with Crippen LogP contribution in [-0.4, -0.2) is 36.5 Å². The van der Waals surface area contributed by atoms with Gasteiger partial charge < -0.3 is 16.0 Å². The van der Waals surface area contributed by atoms with Gasteiger partial charge in [0.25, 0.3) is 5.91 Å². The summed E-state index contributed by atoms with van der Waals surface area (Å²) in [4.78, 5) is 24.2. The molecule has 0 radical (unpaired) electrons. The fourth-order valence-corrected chi connectivity index (χ4v) is 3.77. The Hall–Kier alpha value is -1.59. The van der Waals surface area contributed by atoms with Crippen LogP contribution in [0.5, 0.6) is 0 Å². The van der Waals surface area contributed by atoms with Crippen LogP contribution in [0.3, 0.4) is 0 Å². The summed E-state index contributed by atoms with van der Waals surface area (Å²) in [6.07, 6.45) is 4.15. The first kappa shape index (κ1) is 21.7. The molecule has 1 aromatic rings. The SMILES string of the molecule is Cc1cc(Cl)cc(C(=O)NCC2CCC(NCC(=O)NC(C)(C)C)CC2)c1. The lowest BCUT2D eigenvalue weighted by atomic mass is 9.86. The van der Waals surface area contributed by atoms with Crippen molar-refractivity contribution < 1.29 is 9.59 Å². The second kappa shape index (κ2) is 9.56. The van der Waals surface area contributed by atoms with Gasteiger partial charge in [0.1, 0.15) is 0 Å². The minimum atomic E-state index is -0.198. The minimum absolute atomic E-state index is 0.0358. The summed E-state index contributed by atoms with van der Waals surface area (Å²) in [5.74, 6) is 0.448. The second-order valence-electron chi connectivity index (χ2n) is 8.62. The molecule has 0 bridgehead atoms. The number of hydrogen-bond donors (Lipinski definition) is 3. The van der Waals surface area contributed by atoms with Gasteiger partial charge in [-0.15, -0.1) is 0 Å². The molecule has 1 aromatic carbocycles. The predicted octanol–water partition coefficient (Wildman–Crippen LogP) is 3.44. The quantitative estimate of drug-likeness (QED) is 0.693. The fourth-order valence-electron chi connectivity index (χ4n) is 3.48. The number of hydrogen-bond acceptors (Lipinski definition) is 3. The molecule has 0 atom stereocenters. The normalized spacial score (nSPS) is 20.2. The average Bonchev–Trinajstić information content (AvgIpc) is 2.56. The van der Waals surface area contributed by atoms with Crippen molar-refractivity contribution in [3.8, 4) is 0 Å². The molecule has 5 nitrogen and oxygen atoms in total. The van der Waals surface area contributed by atoms with Gasteiger partial charge in [-0.05, 0) is 83.1 Å². The molecule has 0 aliphatic heterocycles.